The molecule has 50 heavy (non-hydrogen) atoms. The molecule has 0 spiro atoms. The zero-order valence-corrected chi connectivity index (χ0v) is 28.9. The summed E-state index contributed by atoms with van der Waals surface area (Å²) in [6.07, 6.45) is 3.79. The highest BCUT2D eigenvalue weighted by Crippen LogP contribution is 2.48. The summed E-state index contributed by atoms with van der Waals surface area (Å²) in [5, 5.41) is 9.74. The summed E-state index contributed by atoms with van der Waals surface area (Å²) in [5.74, 6) is 0. The van der Waals surface area contributed by atoms with Crippen LogP contribution in [0.25, 0.3) is 53.9 Å². The van der Waals surface area contributed by atoms with Gasteiger partial charge in [-0.05, 0) is 93.3 Å². The Hall–Kier alpha value is -5.94. The first-order valence-electron chi connectivity index (χ1n) is 16.6. The molecule has 0 radical (unpaired) electrons. The third-order valence-corrected chi connectivity index (χ3v) is 11.5. The molecule has 0 unspecified atom stereocenters. The average Bonchev–Trinajstić information content (AvgIpc) is 3.77. The molecule has 0 atom stereocenters. The Kier molecular flexibility index (Phi) is 7.54. The third-order valence-electron chi connectivity index (χ3n) is 9.36. The molecular formula is C46H32N2S2. The molecule has 0 aliphatic carbocycles. The number of fused-ring (bicyclic) bond motifs is 4. The van der Waals surface area contributed by atoms with Gasteiger partial charge in [-0.25, -0.2) is 0 Å². The van der Waals surface area contributed by atoms with E-state index in [1.165, 1.54) is 63.1 Å². The van der Waals surface area contributed by atoms with E-state index in [2.05, 4.69) is 181 Å². The van der Waals surface area contributed by atoms with Crippen molar-refractivity contribution in [2.24, 2.45) is 0 Å². The highest BCUT2D eigenvalue weighted by molar-refractivity contribution is 7.24. The van der Waals surface area contributed by atoms with Gasteiger partial charge in [-0.3, -0.25) is 0 Å². The van der Waals surface area contributed by atoms with Crippen LogP contribution in [0, 0.1) is 0 Å². The van der Waals surface area contributed by atoms with Crippen LogP contribution in [0.15, 0.2) is 171 Å². The second kappa shape index (κ2) is 12.5. The molecule has 0 amide bonds. The Morgan fingerprint density at radius 1 is 0.400 bits per heavy atom. The lowest BCUT2D eigenvalue weighted by molar-refractivity contribution is 1.33. The van der Waals surface area contributed by atoms with Gasteiger partial charge in [0, 0.05) is 31.5 Å². The zero-order chi connectivity index (χ0) is 33.6. The van der Waals surface area contributed by atoms with Crippen LogP contribution in [0.2, 0.25) is 0 Å². The average molecular weight is 677 g/mol. The first-order chi connectivity index (χ1) is 24.7. The largest absolute Gasteiger partial charge is 0.301 e. The highest BCUT2D eigenvalue weighted by atomic mass is 32.1. The summed E-state index contributed by atoms with van der Waals surface area (Å²) in [6, 6.07) is 57.1. The van der Waals surface area contributed by atoms with Crippen molar-refractivity contribution in [3.8, 4) is 0 Å². The van der Waals surface area contributed by atoms with Gasteiger partial charge >= 0.3 is 0 Å². The first kappa shape index (κ1) is 30.1. The zero-order valence-electron chi connectivity index (χ0n) is 27.3. The van der Waals surface area contributed by atoms with E-state index >= 15 is 0 Å². The summed E-state index contributed by atoms with van der Waals surface area (Å²) in [6.45, 7) is 7.94. The van der Waals surface area contributed by atoms with E-state index in [1.807, 2.05) is 34.8 Å². The fourth-order valence-corrected chi connectivity index (χ4v) is 9.12. The predicted molar refractivity (Wildman–Crippen MR) is 222 cm³/mol. The number of hydrogen-bond donors (Lipinski definition) is 0. The minimum absolute atomic E-state index is 1.10. The lowest BCUT2D eigenvalue weighted by atomic mass is 10.1. The smallest absolute Gasteiger partial charge is 0.101 e. The number of anilines is 6. The van der Waals surface area contributed by atoms with E-state index in [-0.39, 0.29) is 0 Å². The fourth-order valence-electron chi connectivity index (χ4n) is 6.86. The molecule has 7 aromatic carbocycles. The molecule has 0 aliphatic heterocycles. The topological polar surface area (TPSA) is 6.48 Å². The second-order valence-electron chi connectivity index (χ2n) is 12.4. The van der Waals surface area contributed by atoms with Crippen molar-refractivity contribution in [3.63, 3.8) is 0 Å². The van der Waals surface area contributed by atoms with Crippen LogP contribution in [0.3, 0.4) is 0 Å². The fraction of sp³-hybridized carbons (Fsp3) is 0. The molecule has 0 saturated carbocycles. The molecule has 0 saturated heterocycles. The molecular weight excluding hydrogens is 645 g/mol. The maximum Gasteiger partial charge on any atom is 0.101 e. The number of hydrogen-bond acceptors (Lipinski definition) is 4. The van der Waals surface area contributed by atoms with Crippen LogP contribution in [-0.4, -0.2) is 0 Å². The lowest BCUT2D eigenvalue weighted by Crippen LogP contribution is -2.08. The maximum absolute atomic E-state index is 3.97. The maximum atomic E-state index is 3.97. The molecule has 2 heterocycles. The Labute approximate surface area is 299 Å². The number of thiophene rings is 2. The van der Waals surface area contributed by atoms with Crippen molar-refractivity contribution in [1.82, 2.24) is 0 Å². The standard InChI is InChI=1S/C46H32N2S2/c1-3-31-19-23-37(24-20-31)47(41-17-9-13-33-11-5-7-15-39(33)41)45-29-35-27-44-36(28-43(35)49-45)30-46(50-44)48(38-25-21-32(4-2)22-26-38)42-18-10-14-34-12-6-8-16-40(34)42/h3-30H,1-2H2. The van der Waals surface area contributed by atoms with Crippen molar-refractivity contribution < 1.29 is 0 Å². The summed E-state index contributed by atoms with van der Waals surface area (Å²) in [4.78, 5) is 4.79. The van der Waals surface area contributed by atoms with Gasteiger partial charge in [0.05, 0.1) is 11.4 Å². The van der Waals surface area contributed by atoms with Gasteiger partial charge in [-0.15, -0.1) is 22.7 Å². The number of benzene rings is 7. The Balaban J connectivity index is 1.19. The van der Waals surface area contributed by atoms with E-state index in [0.29, 0.717) is 0 Å². The third kappa shape index (κ3) is 5.26. The molecule has 4 heteroatoms. The van der Waals surface area contributed by atoms with Gasteiger partial charge < -0.3 is 9.80 Å². The Morgan fingerprint density at radius 3 is 1.22 bits per heavy atom. The van der Waals surface area contributed by atoms with Crippen LogP contribution in [0.5, 0.6) is 0 Å². The van der Waals surface area contributed by atoms with E-state index < -0.39 is 0 Å². The van der Waals surface area contributed by atoms with Gasteiger partial charge in [0.15, 0.2) is 0 Å². The molecule has 238 valence electrons. The predicted octanol–water partition coefficient (Wildman–Crippen LogP) is 14.6. The molecule has 2 nitrogen and oxygen atoms in total. The van der Waals surface area contributed by atoms with Crippen molar-refractivity contribution in [3.05, 3.63) is 182 Å². The molecule has 9 rings (SSSR count). The Bertz CT molecular complexity index is 2450. The Morgan fingerprint density at radius 2 is 0.800 bits per heavy atom. The van der Waals surface area contributed by atoms with E-state index in [9.17, 15) is 0 Å². The lowest BCUT2D eigenvalue weighted by Gasteiger charge is -2.25. The summed E-state index contributed by atoms with van der Waals surface area (Å²) >= 11 is 3.66. The van der Waals surface area contributed by atoms with Gasteiger partial charge in [0.2, 0.25) is 0 Å². The molecule has 0 N–H and O–H groups in total. The highest BCUT2D eigenvalue weighted by Gasteiger charge is 2.21. The molecule has 0 fully saturated rings. The van der Waals surface area contributed by atoms with E-state index in [1.54, 1.807) is 0 Å². The molecule has 9 aromatic rings. The molecule has 0 aliphatic rings. The molecule has 0 bridgehead atoms. The minimum Gasteiger partial charge on any atom is -0.301 e. The van der Waals surface area contributed by atoms with Gasteiger partial charge in [0.25, 0.3) is 0 Å². The minimum atomic E-state index is 1.10. The van der Waals surface area contributed by atoms with Gasteiger partial charge in [-0.2, -0.15) is 0 Å². The number of nitrogens with zero attached hydrogens (tertiary/aromatic N) is 2. The summed E-state index contributed by atoms with van der Waals surface area (Å²) < 4.78 is 2.52. The summed E-state index contributed by atoms with van der Waals surface area (Å²) in [7, 11) is 0. The monoisotopic (exact) mass is 676 g/mol. The van der Waals surface area contributed by atoms with E-state index in [0.717, 1.165) is 22.5 Å². The molecule has 2 aromatic heterocycles. The van der Waals surface area contributed by atoms with Crippen molar-refractivity contribution >= 4 is 109 Å². The van der Waals surface area contributed by atoms with Gasteiger partial charge in [-0.1, -0.05) is 122 Å². The van der Waals surface area contributed by atoms with E-state index in [4.69, 9.17) is 0 Å². The summed E-state index contributed by atoms with van der Waals surface area (Å²) in [5.41, 5.74) is 6.78. The van der Waals surface area contributed by atoms with Gasteiger partial charge in [0.1, 0.15) is 10.0 Å². The van der Waals surface area contributed by atoms with Crippen LogP contribution in [0.1, 0.15) is 11.1 Å². The van der Waals surface area contributed by atoms with Crippen LogP contribution < -0.4 is 9.80 Å². The van der Waals surface area contributed by atoms with Crippen molar-refractivity contribution in [1.29, 1.82) is 0 Å². The normalized spacial score (nSPS) is 11.4. The van der Waals surface area contributed by atoms with Crippen LogP contribution >= 0.6 is 22.7 Å². The number of rotatable bonds is 8. The van der Waals surface area contributed by atoms with Crippen molar-refractivity contribution in [2.45, 2.75) is 0 Å². The van der Waals surface area contributed by atoms with Crippen LogP contribution in [-0.2, 0) is 0 Å². The van der Waals surface area contributed by atoms with Crippen molar-refractivity contribution in [2.75, 3.05) is 9.80 Å². The first-order valence-corrected chi connectivity index (χ1v) is 18.3. The quantitative estimate of drug-likeness (QED) is 0.158. The second-order valence-corrected chi connectivity index (χ2v) is 14.5. The van der Waals surface area contributed by atoms with Crippen LogP contribution in [0.4, 0.5) is 32.8 Å². The SMILES string of the molecule is C=Cc1ccc(N(c2cc3cc4sc(N(c5ccc(C=C)cc5)c5cccc6ccccc56)cc4cc3s2)c2cccc3ccccc23)cc1.